The number of terminal acetylenes is 1. The van der Waals surface area contributed by atoms with E-state index >= 15 is 0 Å². The Morgan fingerprint density at radius 1 is 1.31 bits per heavy atom. The zero-order chi connectivity index (χ0) is 11.4. The average Bonchev–Trinajstić information content (AvgIpc) is 2.69. The largest absolute Gasteiger partial charge is 0.305 e. The van der Waals surface area contributed by atoms with E-state index in [-0.39, 0.29) is 0 Å². The summed E-state index contributed by atoms with van der Waals surface area (Å²) >= 11 is 1.52. The van der Waals surface area contributed by atoms with E-state index in [1.807, 2.05) is 41.9 Å². The molecule has 1 heterocycles. The van der Waals surface area contributed by atoms with Gasteiger partial charge in [-0.1, -0.05) is 48.0 Å². The first-order chi connectivity index (χ1) is 7.83. The van der Waals surface area contributed by atoms with Crippen LogP contribution in [0.4, 0.5) is 0 Å². The summed E-state index contributed by atoms with van der Waals surface area (Å²) in [6.07, 6.45) is 5.22. The van der Waals surface area contributed by atoms with Gasteiger partial charge >= 0.3 is 0 Å². The second kappa shape index (κ2) is 4.86. The van der Waals surface area contributed by atoms with Crippen LogP contribution in [0, 0.1) is 12.3 Å². The molecule has 0 amide bonds. The lowest BCUT2D eigenvalue weighted by Gasteiger charge is -2.01. The van der Waals surface area contributed by atoms with Gasteiger partial charge in [-0.05, 0) is 0 Å². The predicted molar refractivity (Wildman–Crippen MR) is 66.0 cm³/mol. The van der Waals surface area contributed by atoms with E-state index in [1.54, 1.807) is 0 Å². The average molecular weight is 229 g/mol. The third kappa shape index (κ3) is 2.10. The van der Waals surface area contributed by atoms with Crippen LogP contribution in [0.2, 0.25) is 0 Å². The number of hydrogen-bond acceptors (Lipinski definition) is 3. The minimum Gasteiger partial charge on any atom is -0.305 e. The molecular formula is C12H11N3S. The number of rotatable bonds is 3. The van der Waals surface area contributed by atoms with Crippen molar-refractivity contribution in [2.75, 3.05) is 5.75 Å². The third-order valence-electron chi connectivity index (χ3n) is 2.15. The molecule has 0 unspecified atom stereocenters. The molecule has 0 aliphatic heterocycles. The zero-order valence-corrected chi connectivity index (χ0v) is 9.74. The van der Waals surface area contributed by atoms with Crippen LogP contribution >= 0.6 is 11.8 Å². The standard InChI is InChI=1S/C12H11N3S/c1-3-9-16-12-14-13-11(15(12)2)10-7-5-4-6-8-10/h1,4-8H,9H2,2H3. The summed E-state index contributed by atoms with van der Waals surface area (Å²) < 4.78 is 1.96. The topological polar surface area (TPSA) is 30.7 Å². The first-order valence-corrected chi connectivity index (χ1v) is 5.82. The smallest absolute Gasteiger partial charge is 0.192 e. The van der Waals surface area contributed by atoms with Gasteiger partial charge in [-0.15, -0.1) is 16.6 Å². The van der Waals surface area contributed by atoms with Crippen molar-refractivity contribution < 1.29 is 0 Å². The second-order valence-corrected chi connectivity index (χ2v) is 4.17. The van der Waals surface area contributed by atoms with Crippen LogP contribution in [0.5, 0.6) is 0 Å². The van der Waals surface area contributed by atoms with Gasteiger partial charge in [0.05, 0.1) is 5.75 Å². The Morgan fingerprint density at radius 2 is 2.06 bits per heavy atom. The van der Waals surface area contributed by atoms with E-state index in [9.17, 15) is 0 Å². The number of aromatic nitrogens is 3. The van der Waals surface area contributed by atoms with Crippen LogP contribution in [0.15, 0.2) is 35.5 Å². The highest BCUT2D eigenvalue weighted by molar-refractivity contribution is 7.99. The Labute approximate surface area is 98.9 Å². The number of hydrogen-bond donors (Lipinski definition) is 0. The van der Waals surface area contributed by atoms with Crippen LogP contribution in [0.1, 0.15) is 0 Å². The maximum Gasteiger partial charge on any atom is 0.192 e. The van der Waals surface area contributed by atoms with Crippen molar-refractivity contribution in [2.45, 2.75) is 5.16 Å². The van der Waals surface area contributed by atoms with Crippen molar-refractivity contribution in [3.8, 4) is 23.7 Å². The van der Waals surface area contributed by atoms with Crippen LogP contribution in [-0.2, 0) is 7.05 Å². The Morgan fingerprint density at radius 3 is 2.75 bits per heavy atom. The Bertz CT molecular complexity index is 511. The van der Waals surface area contributed by atoms with E-state index < -0.39 is 0 Å². The Kier molecular flexibility index (Phi) is 3.28. The number of nitrogens with zero attached hydrogens (tertiary/aromatic N) is 3. The highest BCUT2D eigenvalue weighted by Crippen LogP contribution is 2.21. The normalized spacial score (nSPS) is 10.0. The summed E-state index contributed by atoms with van der Waals surface area (Å²) in [6, 6.07) is 9.98. The van der Waals surface area contributed by atoms with Crippen molar-refractivity contribution in [2.24, 2.45) is 7.05 Å². The highest BCUT2D eigenvalue weighted by Gasteiger charge is 2.09. The first kappa shape index (κ1) is 10.8. The van der Waals surface area contributed by atoms with Gasteiger partial charge in [-0.25, -0.2) is 0 Å². The predicted octanol–water partition coefficient (Wildman–Crippen LogP) is 2.21. The van der Waals surface area contributed by atoms with E-state index in [4.69, 9.17) is 6.42 Å². The maximum atomic E-state index is 5.22. The molecule has 1 aromatic heterocycles. The summed E-state index contributed by atoms with van der Waals surface area (Å²) in [4.78, 5) is 0. The van der Waals surface area contributed by atoms with Gasteiger partial charge in [0, 0.05) is 12.6 Å². The molecule has 80 valence electrons. The Hall–Kier alpha value is -1.73. The molecule has 1 aromatic carbocycles. The van der Waals surface area contributed by atoms with Crippen molar-refractivity contribution >= 4 is 11.8 Å². The molecule has 0 radical (unpaired) electrons. The van der Waals surface area contributed by atoms with Crippen LogP contribution in [0.25, 0.3) is 11.4 Å². The molecule has 2 rings (SSSR count). The van der Waals surface area contributed by atoms with Crippen molar-refractivity contribution in [1.29, 1.82) is 0 Å². The molecule has 3 nitrogen and oxygen atoms in total. The second-order valence-electron chi connectivity index (χ2n) is 3.22. The lowest BCUT2D eigenvalue weighted by atomic mass is 10.2. The first-order valence-electron chi connectivity index (χ1n) is 4.84. The molecular weight excluding hydrogens is 218 g/mol. The quantitative estimate of drug-likeness (QED) is 0.597. The summed E-state index contributed by atoms with van der Waals surface area (Å²) in [5, 5.41) is 9.12. The Balaban J connectivity index is 2.31. The fourth-order valence-corrected chi connectivity index (χ4v) is 1.98. The fraction of sp³-hybridized carbons (Fsp3) is 0.167. The summed E-state index contributed by atoms with van der Waals surface area (Å²) in [5.41, 5.74) is 1.06. The SMILES string of the molecule is C#CCSc1nnc(-c2ccccc2)n1C. The van der Waals surface area contributed by atoms with E-state index in [0.29, 0.717) is 5.75 Å². The van der Waals surface area contributed by atoms with Gasteiger partial charge in [0.15, 0.2) is 11.0 Å². The van der Waals surface area contributed by atoms with Crippen LogP contribution in [0.3, 0.4) is 0 Å². The molecule has 2 aromatic rings. The summed E-state index contributed by atoms with van der Waals surface area (Å²) in [6.45, 7) is 0. The molecule has 0 spiro atoms. The van der Waals surface area contributed by atoms with Crippen LogP contribution < -0.4 is 0 Å². The van der Waals surface area contributed by atoms with Crippen molar-refractivity contribution in [3.05, 3.63) is 30.3 Å². The van der Waals surface area contributed by atoms with Crippen LogP contribution in [-0.4, -0.2) is 20.5 Å². The molecule has 0 bridgehead atoms. The van der Waals surface area contributed by atoms with Gasteiger partial charge in [0.25, 0.3) is 0 Å². The van der Waals surface area contributed by atoms with E-state index in [1.165, 1.54) is 11.8 Å². The summed E-state index contributed by atoms with van der Waals surface area (Å²) in [7, 11) is 1.95. The van der Waals surface area contributed by atoms with Gasteiger partial charge in [-0.3, -0.25) is 0 Å². The lowest BCUT2D eigenvalue weighted by molar-refractivity contribution is 0.795. The minimum atomic E-state index is 0.612. The molecule has 16 heavy (non-hydrogen) atoms. The number of benzene rings is 1. The molecule has 0 saturated heterocycles. The number of thioether (sulfide) groups is 1. The van der Waals surface area contributed by atoms with Crippen molar-refractivity contribution in [3.63, 3.8) is 0 Å². The molecule has 0 aliphatic rings. The minimum absolute atomic E-state index is 0.612. The molecule has 4 heteroatoms. The van der Waals surface area contributed by atoms with Gasteiger partial charge in [0.1, 0.15) is 0 Å². The monoisotopic (exact) mass is 229 g/mol. The molecule has 0 N–H and O–H groups in total. The third-order valence-corrected chi connectivity index (χ3v) is 3.08. The molecule has 0 fully saturated rings. The zero-order valence-electron chi connectivity index (χ0n) is 8.92. The maximum absolute atomic E-state index is 5.22. The van der Waals surface area contributed by atoms with E-state index in [0.717, 1.165) is 16.5 Å². The van der Waals surface area contributed by atoms with Gasteiger partial charge in [-0.2, -0.15) is 0 Å². The highest BCUT2D eigenvalue weighted by atomic mass is 32.2. The lowest BCUT2D eigenvalue weighted by Crippen LogP contribution is -1.94. The molecule has 0 saturated carbocycles. The van der Waals surface area contributed by atoms with E-state index in [2.05, 4.69) is 16.1 Å². The molecule has 0 atom stereocenters. The van der Waals surface area contributed by atoms with Gasteiger partial charge in [0.2, 0.25) is 0 Å². The fourth-order valence-electron chi connectivity index (χ4n) is 1.39. The summed E-state index contributed by atoms with van der Waals surface area (Å²) in [5.74, 6) is 4.05. The molecule has 0 aliphatic carbocycles. The van der Waals surface area contributed by atoms with Crippen molar-refractivity contribution in [1.82, 2.24) is 14.8 Å². The van der Waals surface area contributed by atoms with Gasteiger partial charge < -0.3 is 4.57 Å².